The summed E-state index contributed by atoms with van der Waals surface area (Å²) in [4.78, 5) is 14.1. The molecular formula is C38H53NO3S. The van der Waals surface area contributed by atoms with Gasteiger partial charge in [-0.15, -0.1) is 0 Å². The van der Waals surface area contributed by atoms with E-state index in [1.54, 1.807) is 7.11 Å². The van der Waals surface area contributed by atoms with Crippen LogP contribution in [0.25, 0.3) is 0 Å². The first-order chi connectivity index (χ1) is 21.1. The van der Waals surface area contributed by atoms with Gasteiger partial charge in [-0.1, -0.05) is 106 Å². The van der Waals surface area contributed by atoms with E-state index in [4.69, 9.17) is 9.47 Å². The van der Waals surface area contributed by atoms with Gasteiger partial charge in [-0.2, -0.15) is 11.8 Å². The number of carbonyl (C=O) groups is 1. The van der Waals surface area contributed by atoms with Gasteiger partial charge in [0.2, 0.25) is 5.91 Å². The van der Waals surface area contributed by atoms with Crippen LogP contribution in [0.15, 0.2) is 78.9 Å². The minimum Gasteiger partial charge on any atom is -0.497 e. The van der Waals surface area contributed by atoms with Crippen LogP contribution in [-0.4, -0.2) is 37.3 Å². The molecule has 3 aromatic rings. The van der Waals surface area contributed by atoms with Crippen LogP contribution < -0.4 is 9.47 Å². The lowest BCUT2D eigenvalue weighted by Gasteiger charge is -2.18. The van der Waals surface area contributed by atoms with E-state index >= 15 is 0 Å². The average molecular weight is 604 g/mol. The van der Waals surface area contributed by atoms with E-state index in [-0.39, 0.29) is 0 Å². The van der Waals surface area contributed by atoms with Crippen molar-refractivity contribution >= 4 is 17.7 Å². The van der Waals surface area contributed by atoms with Gasteiger partial charge in [0.15, 0.2) is 0 Å². The topological polar surface area (TPSA) is 38.8 Å². The van der Waals surface area contributed by atoms with Crippen molar-refractivity contribution in [1.29, 1.82) is 0 Å². The molecule has 0 saturated carbocycles. The summed E-state index contributed by atoms with van der Waals surface area (Å²) in [6.07, 6.45) is 13.8. The van der Waals surface area contributed by atoms with Gasteiger partial charge in [0, 0.05) is 25.3 Å². The van der Waals surface area contributed by atoms with Gasteiger partial charge in [0.1, 0.15) is 18.1 Å². The molecule has 1 unspecified atom stereocenters. The van der Waals surface area contributed by atoms with Crippen molar-refractivity contribution in [2.24, 2.45) is 0 Å². The SMILES string of the molecule is CCCCN(C)C(=O)CCCCCCCCCCSC(Cc1ccc(OCc2ccccc2)cc1)c1ccc(OC)cc1. The lowest BCUT2D eigenvalue weighted by atomic mass is 10.0. The lowest BCUT2D eigenvalue weighted by molar-refractivity contribution is -0.130. The van der Waals surface area contributed by atoms with Gasteiger partial charge in [-0.05, 0) is 72.4 Å². The summed E-state index contributed by atoms with van der Waals surface area (Å²) in [5, 5.41) is 0.408. The summed E-state index contributed by atoms with van der Waals surface area (Å²) >= 11 is 2.07. The van der Waals surface area contributed by atoms with Crippen LogP contribution in [0, 0.1) is 0 Å². The summed E-state index contributed by atoms with van der Waals surface area (Å²) in [5.74, 6) is 3.29. The first-order valence-corrected chi connectivity index (χ1v) is 17.4. The van der Waals surface area contributed by atoms with Crippen molar-refractivity contribution in [1.82, 2.24) is 4.90 Å². The molecule has 3 rings (SSSR count). The van der Waals surface area contributed by atoms with Crippen molar-refractivity contribution in [2.45, 2.75) is 95.8 Å². The van der Waals surface area contributed by atoms with Crippen molar-refractivity contribution < 1.29 is 14.3 Å². The third kappa shape index (κ3) is 13.9. The van der Waals surface area contributed by atoms with Crippen LogP contribution in [0.1, 0.15) is 99.5 Å². The van der Waals surface area contributed by atoms with Crippen molar-refractivity contribution in [3.05, 3.63) is 95.6 Å². The Morgan fingerprint density at radius 3 is 2.02 bits per heavy atom. The Kier molecular flexibility index (Phi) is 16.8. The van der Waals surface area contributed by atoms with Gasteiger partial charge in [0.05, 0.1) is 7.11 Å². The zero-order valence-electron chi connectivity index (χ0n) is 26.8. The van der Waals surface area contributed by atoms with E-state index in [9.17, 15) is 4.79 Å². The van der Waals surface area contributed by atoms with Crippen LogP contribution in [0.5, 0.6) is 11.5 Å². The Labute approximate surface area is 265 Å². The Morgan fingerprint density at radius 2 is 1.37 bits per heavy atom. The number of hydrogen-bond donors (Lipinski definition) is 0. The normalized spacial score (nSPS) is 11.7. The van der Waals surface area contributed by atoms with Crippen LogP contribution in [0.3, 0.4) is 0 Å². The van der Waals surface area contributed by atoms with Gasteiger partial charge < -0.3 is 14.4 Å². The fraction of sp³-hybridized carbons (Fsp3) is 0.500. The number of unbranched alkanes of at least 4 members (excludes halogenated alkanes) is 8. The van der Waals surface area contributed by atoms with Gasteiger partial charge >= 0.3 is 0 Å². The van der Waals surface area contributed by atoms with Crippen LogP contribution in [0.4, 0.5) is 0 Å². The second kappa shape index (κ2) is 20.9. The molecule has 0 spiro atoms. The molecule has 234 valence electrons. The standard InChI is InChI=1S/C38H53NO3S/c1-4-5-28-39(2)38(40)19-15-10-8-6-7-9-11-16-29-43-37(34-22-26-35(41-3)27-23-34)30-32-20-24-36(25-21-32)42-31-33-17-13-12-14-18-33/h12-14,17-18,20-27,37H,4-11,15-16,19,28-31H2,1-3H3. The van der Waals surface area contributed by atoms with E-state index in [0.29, 0.717) is 24.2 Å². The maximum absolute atomic E-state index is 12.1. The predicted octanol–water partition coefficient (Wildman–Crippen LogP) is 10.1. The number of ether oxygens (including phenoxy) is 2. The number of benzene rings is 3. The summed E-state index contributed by atoms with van der Waals surface area (Å²) in [6.45, 7) is 3.65. The molecule has 0 radical (unpaired) electrons. The molecule has 0 bridgehead atoms. The molecule has 0 aliphatic heterocycles. The first-order valence-electron chi connectivity index (χ1n) is 16.3. The quantitative estimate of drug-likeness (QED) is 0.107. The third-order valence-corrected chi connectivity index (χ3v) is 9.32. The maximum atomic E-state index is 12.1. The lowest BCUT2D eigenvalue weighted by Crippen LogP contribution is -2.27. The largest absolute Gasteiger partial charge is 0.497 e. The zero-order chi connectivity index (χ0) is 30.5. The number of nitrogens with zero attached hydrogens (tertiary/aromatic N) is 1. The molecule has 1 atom stereocenters. The predicted molar refractivity (Wildman–Crippen MR) is 183 cm³/mol. The van der Waals surface area contributed by atoms with Crippen molar-refractivity contribution in [3.63, 3.8) is 0 Å². The highest BCUT2D eigenvalue weighted by atomic mass is 32.2. The second-order valence-electron chi connectivity index (χ2n) is 11.5. The molecule has 0 aromatic heterocycles. The Morgan fingerprint density at radius 1 is 0.744 bits per heavy atom. The Balaban J connectivity index is 1.35. The smallest absolute Gasteiger partial charge is 0.222 e. The molecule has 0 saturated heterocycles. The minimum atomic E-state index is 0.309. The molecule has 0 aliphatic rings. The highest BCUT2D eigenvalue weighted by Crippen LogP contribution is 2.34. The number of hydrogen-bond acceptors (Lipinski definition) is 4. The number of thioether (sulfide) groups is 1. The maximum Gasteiger partial charge on any atom is 0.222 e. The summed E-state index contributed by atoms with van der Waals surface area (Å²) in [5.41, 5.74) is 3.86. The number of amides is 1. The summed E-state index contributed by atoms with van der Waals surface area (Å²) in [7, 11) is 3.66. The molecule has 0 aliphatic carbocycles. The molecule has 0 heterocycles. The van der Waals surface area contributed by atoms with E-state index in [0.717, 1.165) is 43.7 Å². The Hall–Kier alpha value is -2.92. The molecule has 1 amide bonds. The third-order valence-electron chi connectivity index (χ3n) is 7.96. The number of carbonyl (C=O) groups excluding carboxylic acids is 1. The molecule has 43 heavy (non-hydrogen) atoms. The summed E-state index contributed by atoms with van der Waals surface area (Å²) < 4.78 is 11.4. The average Bonchev–Trinajstić information content (AvgIpc) is 3.05. The molecule has 0 N–H and O–H groups in total. The van der Waals surface area contributed by atoms with Crippen LogP contribution in [-0.2, 0) is 17.8 Å². The van der Waals surface area contributed by atoms with Crippen LogP contribution in [0.2, 0.25) is 0 Å². The highest BCUT2D eigenvalue weighted by molar-refractivity contribution is 7.99. The molecular weight excluding hydrogens is 550 g/mol. The van der Waals surface area contributed by atoms with E-state index in [2.05, 4.69) is 79.3 Å². The fourth-order valence-electron chi connectivity index (χ4n) is 5.14. The van der Waals surface area contributed by atoms with E-state index in [1.165, 1.54) is 67.4 Å². The summed E-state index contributed by atoms with van der Waals surface area (Å²) in [6, 6.07) is 27.5. The van der Waals surface area contributed by atoms with Gasteiger partial charge in [-0.25, -0.2) is 0 Å². The highest BCUT2D eigenvalue weighted by Gasteiger charge is 2.14. The molecule has 0 fully saturated rings. The Bertz CT molecular complexity index is 1130. The second-order valence-corrected chi connectivity index (χ2v) is 12.8. The molecule has 3 aromatic carbocycles. The minimum absolute atomic E-state index is 0.309. The van der Waals surface area contributed by atoms with Crippen molar-refractivity contribution in [2.75, 3.05) is 26.5 Å². The van der Waals surface area contributed by atoms with E-state index < -0.39 is 0 Å². The number of rotatable bonds is 22. The first kappa shape index (κ1) is 34.6. The van der Waals surface area contributed by atoms with Gasteiger partial charge in [-0.3, -0.25) is 4.79 Å². The monoisotopic (exact) mass is 603 g/mol. The van der Waals surface area contributed by atoms with Crippen molar-refractivity contribution in [3.8, 4) is 11.5 Å². The fourth-order valence-corrected chi connectivity index (χ4v) is 6.46. The zero-order valence-corrected chi connectivity index (χ0v) is 27.6. The molecule has 5 heteroatoms. The van der Waals surface area contributed by atoms with E-state index in [1.807, 2.05) is 30.1 Å². The molecule has 4 nitrogen and oxygen atoms in total. The van der Waals surface area contributed by atoms with Crippen LogP contribution >= 0.6 is 11.8 Å². The van der Waals surface area contributed by atoms with Gasteiger partial charge in [0.25, 0.3) is 0 Å². The number of methoxy groups -OCH3 is 1.